The van der Waals surface area contributed by atoms with Crippen LogP contribution in [0.3, 0.4) is 0 Å². The molecule has 14 heteroatoms. The Balaban J connectivity index is 1.22. The van der Waals surface area contributed by atoms with E-state index in [1.807, 2.05) is 0 Å². The number of aromatic nitrogens is 1. The molecule has 0 bridgehead atoms. The van der Waals surface area contributed by atoms with Crippen molar-refractivity contribution in [1.82, 2.24) is 4.98 Å². The van der Waals surface area contributed by atoms with E-state index >= 15 is 0 Å². The Kier molecular flexibility index (Phi) is 7.72. The number of hydrogen-bond acceptors (Lipinski definition) is 8. The second-order valence-corrected chi connectivity index (χ2v) is 12.1. The Labute approximate surface area is 256 Å². The number of rotatable bonds is 7. The number of H-pyrrole nitrogens is 1. The topological polar surface area (TPSA) is 118 Å². The molecular weight excluding hydrogens is 619 g/mol. The van der Waals surface area contributed by atoms with E-state index in [4.69, 9.17) is 9.47 Å². The van der Waals surface area contributed by atoms with Gasteiger partial charge in [-0.3, -0.25) is 19.2 Å². The van der Waals surface area contributed by atoms with Gasteiger partial charge in [-0.25, -0.2) is 4.90 Å². The molecule has 0 saturated carbocycles. The van der Waals surface area contributed by atoms with Crippen LogP contribution in [0.4, 0.5) is 24.5 Å². The third kappa shape index (κ3) is 5.46. The number of carbonyl (C=O) groups excluding carboxylic acids is 3. The third-order valence-electron chi connectivity index (χ3n) is 7.27. The minimum atomic E-state index is -4.64. The lowest BCUT2D eigenvalue weighted by Gasteiger charge is -2.29. The van der Waals surface area contributed by atoms with Gasteiger partial charge in [-0.2, -0.15) is 13.2 Å². The molecule has 2 N–H and O–H groups in total. The summed E-state index contributed by atoms with van der Waals surface area (Å²) in [5, 5.41) is 1.98. The highest BCUT2D eigenvalue weighted by atomic mass is 32.2. The molecule has 9 nitrogen and oxygen atoms in total. The van der Waals surface area contributed by atoms with E-state index in [9.17, 15) is 32.3 Å². The molecule has 44 heavy (non-hydrogen) atoms. The molecule has 0 aliphatic carbocycles. The SMILES string of the molecule is COc1ccc(N2C(=O)C3Sc4[nH]c(=O)sc4C(c4ccc(OCC(=O)Nc5ccccc5C(F)(F)F)cc4)C3C2=O)cc1. The van der Waals surface area contributed by atoms with E-state index in [2.05, 4.69) is 10.3 Å². The highest BCUT2D eigenvalue weighted by Crippen LogP contribution is 2.53. The zero-order valence-corrected chi connectivity index (χ0v) is 24.3. The van der Waals surface area contributed by atoms with Crippen LogP contribution < -0.4 is 24.6 Å². The number of benzene rings is 3. The maximum Gasteiger partial charge on any atom is 0.418 e. The molecule has 3 unspecified atom stereocenters. The molecule has 2 aliphatic rings. The van der Waals surface area contributed by atoms with Crippen molar-refractivity contribution in [3.63, 3.8) is 0 Å². The minimum Gasteiger partial charge on any atom is -0.497 e. The van der Waals surface area contributed by atoms with Crippen molar-refractivity contribution in [1.29, 1.82) is 0 Å². The third-order valence-corrected chi connectivity index (χ3v) is 9.67. The number of carbonyl (C=O) groups is 3. The molecule has 1 saturated heterocycles. The van der Waals surface area contributed by atoms with Gasteiger partial charge in [0, 0.05) is 10.8 Å². The number of amides is 3. The van der Waals surface area contributed by atoms with E-state index in [0.717, 1.165) is 40.1 Å². The number of anilines is 2. The number of halogens is 3. The number of ether oxygens (including phenoxy) is 2. The van der Waals surface area contributed by atoms with Gasteiger partial charge in [0.1, 0.15) is 16.7 Å². The molecule has 0 radical (unpaired) electrons. The van der Waals surface area contributed by atoms with Crippen LogP contribution in [-0.4, -0.2) is 41.7 Å². The summed E-state index contributed by atoms with van der Waals surface area (Å²) in [5.74, 6) is -2.15. The smallest absolute Gasteiger partial charge is 0.418 e. The lowest BCUT2D eigenvalue weighted by Crippen LogP contribution is -2.32. The lowest BCUT2D eigenvalue weighted by atomic mass is 9.83. The average Bonchev–Trinajstić information content (AvgIpc) is 3.50. The quantitative estimate of drug-likeness (QED) is 0.264. The van der Waals surface area contributed by atoms with Gasteiger partial charge in [0.25, 0.3) is 5.91 Å². The summed E-state index contributed by atoms with van der Waals surface area (Å²) in [6.07, 6.45) is -4.64. The van der Waals surface area contributed by atoms with Gasteiger partial charge < -0.3 is 19.8 Å². The summed E-state index contributed by atoms with van der Waals surface area (Å²) in [7, 11) is 1.51. The summed E-state index contributed by atoms with van der Waals surface area (Å²) < 4.78 is 50.4. The van der Waals surface area contributed by atoms with Crippen molar-refractivity contribution < 1.29 is 37.0 Å². The van der Waals surface area contributed by atoms with Crippen molar-refractivity contribution in [2.24, 2.45) is 5.92 Å². The average molecular weight is 642 g/mol. The molecule has 3 heterocycles. The summed E-state index contributed by atoms with van der Waals surface area (Å²) in [4.78, 5) is 56.3. The van der Waals surface area contributed by atoms with E-state index in [1.165, 1.54) is 19.2 Å². The van der Waals surface area contributed by atoms with Gasteiger partial charge in [-0.1, -0.05) is 47.4 Å². The molecule has 3 aromatic carbocycles. The second kappa shape index (κ2) is 11.5. The first-order valence-electron chi connectivity index (χ1n) is 13.2. The fourth-order valence-electron chi connectivity index (χ4n) is 5.31. The number of para-hydroxylation sites is 1. The van der Waals surface area contributed by atoms with Crippen molar-refractivity contribution in [2.75, 3.05) is 23.9 Å². The minimum absolute atomic E-state index is 0.255. The predicted molar refractivity (Wildman–Crippen MR) is 157 cm³/mol. The molecule has 1 fully saturated rings. The highest BCUT2D eigenvalue weighted by Gasteiger charge is 2.56. The monoisotopic (exact) mass is 641 g/mol. The van der Waals surface area contributed by atoms with Crippen molar-refractivity contribution in [2.45, 2.75) is 22.4 Å². The molecule has 2 aliphatic heterocycles. The van der Waals surface area contributed by atoms with Crippen LogP contribution in [-0.2, 0) is 20.6 Å². The van der Waals surface area contributed by atoms with E-state index in [0.29, 0.717) is 26.9 Å². The zero-order chi connectivity index (χ0) is 31.2. The van der Waals surface area contributed by atoms with Gasteiger partial charge >= 0.3 is 11.0 Å². The number of methoxy groups -OCH3 is 1. The first kappa shape index (κ1) is 29.5. The molecule has 0 spiro atoms. The van der Waals surface area contributed by atoms with Gasteiger partial charge in [0.2, 0.25) is 11.8 Å². The fraction of sp³-hybridized carbons (Fsp3) is 0.200. The Morgan fingerprint density at radius 3 is 2.32 bits per heavy atom. The van der Waals surface area contributed by atoms with Crippen LogP contribution in [0, 0.1) is 5.92 Å². The summed E-state index contributed by atoms with van der Waals surface area (Å²) in [6, 6.07) is 17.7. The first-order valence-corrected chi connectivity index (χ1v) is 14.8. The number of thiazole rings is 1. The van der Waals surface area contributed by atoms with Gasteiger partial charge in [0.15, 0.2) is 6.61 Å². The Bertz CT molecular complexity index is 1800. The molecular formula is C30H22F3N3O6S2. The normalized spacial score (nSPS) is 19.4. The van der Waals surface area contributed by atoms with Gasteiger partial charge in [0.05, 0.1) is 35.0 Å². The zero-order valence-electron chi connectivity index (χ0n) is 22.7. The molecule has 6 rings (SSSR count). The molecule has 3 atom stereocenters. The van der Waals surface area contributed by atoms with E-state index < -0.39 is 53.2 Å². The number of thioether (sulfide) groups is 1. The highest BCUT2D eigenvalue weighted by molar-refractivity contribution is 8.00. The number of imide groups is 1. The second-order valence-electron chi connectivity index (χ2n) is 9.91. The standard InChI is InChI=1S/C30H22F3N3O6S2/c1-41-17-12-8-16(9-13-17)36-27(38)23-22(24-26(35-29(40)44-24)43-25(23)28(36)39)15-6-10-18(11-7-15)42-14-21(37)34-20-5-3-2-4-19(20)30(31,32)33/h2-13,22-23,25H,14H2,1H3,(H,34,37)(H,35,40). The first-order chi connectivity index (χ1) is 21.0. The van der Waals surface area contributed by atoms with Crippen LogP contribution in [0.25, 0.3) is 0 Å². The number of nitrogens with zero attached hydrogens (tertiary/aromatic N) is 1. The lowest BCUT2D eigenvalue weighted by molar-refractivity contribution is -0.137. The number of aromatic amines is 1. The maximum absolute atomic E-state index is 13.8. The van der Waals surface area contributed by atoms with Crippen molar-refractivity contribution in [3.8, 4) is 11.5 Å². The fourth-order valence-corrected chi connectivity index (χ4v) is 7.82. The Morgan fingerprint density at radius 1 is 0.955 bits per heavy atom. The molecule has 1 aromatic heterocycles. The molecule has 3 amide bonds. The number of fused-ring (bicyclic) bond motifs is 2. The predicted octanol–water partition coefficient (Wildman–Crippen LogP) is 5.28. The van der Waals surface area contributed by atoms with E-state index in [-0.39, 0.29) is 16.3 Å². The molecule has 226 valence electrons. The number of alkyl halides is 3. The van der Waals surface area contributed by atoms with Crippen LogP contribution in [0.2, 0.25) is 0 Å². The summed E-state index contributed by atoms with van der Waals surface area (Å²) in [5.41, 5.74) is -0.301. The molecule has 4 aromatic rings. The van der Waals surface area contributed by atoms with Crippen molar-refractivity contribution in [3.05, 3.63) is 98.5 Å². The Hall–Kier alpha value is -4.56. The number of nitrogens with one attached hydrogen (secondary N) is 2. The summed E-state index contributed by atoms with van der Waals surface area (Å²) in [6.45, 7) is -0.552. The van der Waals surface area contributed by atoms with Crippen molar-refractivity contribution >= 4 is 52.2 Å². The van der Waals surface area contributed by atoms with Crippen LogP contribution in [0.1, 0.15) is 21.9 Å². The van der Waals surface area contributed by atoms with Crippen LogP contribution >= 0.6 is 23.1 Å². The Morgan fingerprint density at radius 2 is 1.64 bits per heavy atom. The van der Waals surface area contributed by atoms with Crippen LogP contribution in [0.5, 0.6) is 11.5 Å². The maximum atomic E-state index is 13.8. The van der Waals surface area contributed by atoms with E-state index in [1.54, 1.807) is 48.5 Å². The van der Waals surface area contributed by atoms with Gasteiger partial charge in [-0.15, -0.1) is 0 Å². The van der Waals surface area contributed by atoms with Crippen LogP contribution in [0.15, 0.2) is 82.6 Å². The van der Waals surface area contributed by atoms with Gasteiger partial charge in [-0.05, 0) is 54.1 Å². The largest absolute Gasteiger partial charge is 0.497 e. The summed E-state index contributed by atoms with van der Waals surface area (Å²) >= 11 is 2.14. The number of hydrogen-bond donors (Lipinski definition) is 2.